The molecule has 6 rings (SSSR count). The van der Waals surface area contributed by atoms with E-state index in [1.54, 1.807) is 19.0 Å². The van der Waals surface area contributed by atoms with Gasteiger partial charge < -0.3 is 25.0 Å². The minimum Gasteiger partial charge on any atom is -0.446 e. The molecule has 0 radical (unpaired) electrons. The van der Waals surface area contributed by atoms with Crippen molar-refractivity contribution >= 4 is 17.9 Å². The van der Waals surface area contributed by atoms with E-state index < -0.39 is 5.60 Å². The molecule has 0 spiro atoms. The summed E-state index contributed by atoms with van der Waals surface area (Å²) in [5.41, 5.74) is -0.0816. The van der Waals surface area contributed by atoms with Gasteiger partial charge in [0.1, 0.15) is 6.10 Å². The van der Waals surface area contributed by atoms with Gasteiger partial charge in [-0.15, -0.1) is 0 Å². The smallest absolute Gasteiger partial charge is 0.410 e. The number of likely N-dealkylation sites (tertiary alicyclic amines) is 1. The average Bonchev–Trinajstić information content (AvgIpc) is 3.18. The SMILES string of the molecule is CN(C)C(=O)c1cnc(NC2CCN(C(=O)OC3C4CC5C[C@@H]3CC(O)(C5)C4)C2)nc1. The van der Waals surface area contributed by atoms with Crippen LogP contribution in [0.15, 0.2) is 12.4 Å². The maximum atomic E-state index is 12.8. The number of rotatable bonds is 4. The fraction of sp³-hybridized carbons (Fsp3) is 0.727. The van der Waals surface area contributed by atoms with E-state index in [1.807, 2.05) is 0 Å². The lowest BCUT2D eigenvalue weighted by atomic mass is 9.53. The van der Waals surface area contributed by atoms with Gasteiger partial charge in [-0.1, -0.05) is 0 Å². The summed E-state index contributed by atoms with van der Waals surface area (Å²) in [6.07, 6.45) is 8.12. The Morgan fingerprint density at radius 2 is 1.87 bits per heavy atom. The van der Waals surface area contributed by atoms with E-state index in [-0.39, 0.29) is 24.1 Å². The summed E-state index contributed by atoms with van der Waals surface area (Å²) in [6, 6.07) is 0.0437. The van der Waals surface area contributed by atoms with Gasteiger partial charge in [0.15, 0.2) is 0 Å². The number of anilines is 1. The fourth-order valence-electron chi connectivity index (χ4n) is 6.32. The molecule has 4 saturated carbocycles. The minimum atomic E-state index is -0.519. The Morgan fingerprint density at radius 3 is 2.48 bits per heavy atom. The number of hydrogen-bond acceptors (Lipinski definition) is 7. The second kappa shape index (κ2) is 7.62. The van der Waals surface area contributed by atoms with Crippen LogP contribution in [0.2, 0.25) is 0 Å². The van der Waals surface area contributed by atoms with Crippen molar-refractivity contribution in [3.8, 4) is 0 Å². The van der Waals surface area contributed by atoms with E-state index >= 15 is 0 Å². The van der Waals surface area contributed by atoms with Gasteiger partial charge in [-0.25, -0.2) is 14.8 Å². The highest BCUT2D eigenvalue weighted by Crippen LogP contribution is 2.56. The average molecular weight is 430 g/mol. The van der Waals surface area contributed by atoms with E-state index in [0.29, 0.717) is 42.4 Å². The third-order valence-electron chi connectivity index (χ3n) is 7.48. The number of amides is 2. The quantitative estimate of drug-likeness (QED) is 0.751. The first-order valence-corrected chi connectivity index (χ1v) is 11.3. The lowest BCUT2D eigenvalue weighted by Gasteiger charge is -2.57. The normalized spacial score (nSPS) is 35.8. The van der Waals surface area contributed by atoms with Crippen molar-refractivity contribution in [2.75, 3.05) is 32.5 Å². The highest BCUT2D eigenvalue weighted by Gasteiger charge is 2.56. The summed E-state index contributed by atoms with van der Waals surface area (Å²) >= 11 is 0. The van der Waals surface area contributed by atoms with Crippen LogP contribution in [0.4, 0.5) is 10.7 Å². The first-order chi connectivity index (χ1) is 14.8. The predicted molar refractivity (Wildman–Crippen MR) is 112 cm³/mol. The van der Waals surface area contributed by atoms with Crippen LogP contribution in [-0.2, 0) is 4.74 Å². The lowest BCUT2D eigenvalue weighted by molar-refractivity contribution is -0.177. The Labute approximate surface area is 182 Å². The van der Waals surface area contributed by atoms with Crippen LogP contribution in [0.25, 0.3) is 0 Å². The van der Waals surface area contributed by atoms with Gasteiger partial charge in [0, 0.05) is 45.6 Å². The standard InChI is InChI=1S/C22H31N5O4/c1-26(2)19(28)16-10-23-20(24-11-16)25-17-3-4-27(12-17)21(29)31-18-14-5-13-6-15(18)9-22(30,7-13)8-14/h10-11,13-15,17-18,30H,3-9,12H2,1-2H3,(H,23,24,25)/t13?,14-,15?,17?,18?,22?/m1/s1. The number of carbonyl (C=O) groups excluding carboxylic acids is 2. The number of aromatic nitrogens is 2. The minimum absolute atomic E-state index is 0.0437. The summed E-state index contributed by atoms with van der Waals surface area (Å²) in [7, 11) is 3.37. The third kappa shape index (κ3) is 3.95. The number of nitrogens with zero attached hydrogens (tertiary/aromatic N) is 4. The molecule has 5 unspecified atom stereocenters. The van der Waals surface area contributed by atoms with E-state index in [1.165, 1.54) is 17.3 Å². The fourth-order valence-corrected chi connectivity index (χ4v) is 6.32. The Bertz CT molecular complexity index is 844. The van der Waals surface area contributed by atoms with Gasteiger partial charge in [0.2, 0.25) is 5.95 Å². The maximum absolute atomic E-state index is 12.8. The van der Waals surface area contributed by atoms with Crippen molar-refractivity contribution in [1.82, 2.24) is 19.8 Å². The first kappa shape index (κ1) is 20.5. The van der Waals surface area contributed by atoms with Gasteiger partial charge in [0.25, 0.3) is 5.91 Å². The van der Waals surface area contributed by atoms with Crippen LogP contribution in [0, 0.1) is 17.8 Å². The monoisotopic (exact) mass is 429 g/mol. The van der Waals surface area contributed by atoms with Crippen LogP contribution in [0.5, 0.6) is 0 Å². The van der Waals surface area contributed by atoms with Gasteiger partial charge in [-0.2, -0.15) is 0 Å². The Balaban J connectivity index is 1.14. The molecule has 2 heterocycles. The van der Waals surface area contributed by atoms with Crippen molar-refractivity contribution < 1.29 is 19.4 Å². The summed E-state index contributed by atoms with van der Waals surface area (Å²) in [5, 5.41) is 14.0. The number of aliphatic hydroxyl groups is 1. The molecule has 2 N–H and O–H groups in total. The number of ether oxygens (including phenoxy) is 1. The van der Waals surface area contributed by atoms with Gasteiger partial charge in [-0.3, -0.25) is 4.79 Å². The van der Waals surface area contributed by atoms with Crippen molar-refractivity contribution in [3.63, 3.8) is 0 Å². The molecule has 5 fully saturated rings. The highest BCUT2D eigenvalue weighted by molar-refractivity contribution is 5.93. The largest absolute Gasteiger partial charge is 0.446 e. The Morgan fingerprint density at radius 1 is 1.19 bits per heavy atom. The zero-order chi connectivity index (χ0) is 21.8. The third-order valence-corrected chi connectivity index (χ3v) is 7.48. The number of hydrogen-bond donors (Lipinski definition) is 2. The molecule has 31 heavy (non-hydrogen) atoms. The molecule has 1 aromatic rings. The molecule has 4 bridgehead atoms. The molecule has 1 aliphatic heterocycles. The van der Waals surface area contributed by atoms with Crippen LogP contribution in [0.3, 0.4) is 0 Å². The zero-order valence-corrected chi connectivity index (χ0v) is 18.2. The Hall–Kier alpha value is -2.42. The Kier molecular flexibility index (Phi) is 5.03. The van der Waals surface area contributed by atoms with Crippen LogP contribution in [-0.4, -0.2) is 81.8 Å². The summed E-state index contributed by atoms with van der Waals surface area (Å²) < 4.78 is 5.99. The van der Waals surface area contributed by atoms with Crippen LogP contribution in [0.1, 0.15) is 48.9 Å². The lowest BCUT2D eigenvalue weighted by Crippen LogP contribution is -2.58. The predicted octanol–water partition coefficient (Wildman–Crippen LogP) is 1.74. The molecule has 9 heteroatoms. The van der Waals surface area contributed by atoms with Crippen molar-refractivity contribution in [3.05, 3.63) is 18.0 Å². The highest BCUT2D eigenvalue weighted by atomic mass is 16.6. The second-order valence-electron chi connectivity index (χ2n) is 10.1. The second-order valence-corrected chi connectivity index (χ2v) is 10.1. The van der Waals surface area contributed by atoms with Crippen LogP contribution < -0.4 is 5.32 Å². The van der Waals surface area contributed by atoms with Gasteiger partial charge in [-0.05, 0) is 56.3 Å². The topological polar surface area (TPSA) is 108 Å². The van der Waals surface area contributed by atoms with Gasteiger partial charge in [0.05, 0.1) is 11.2 Å². The summed E-state index contributed by atoms with van der Waals surface area (Å²) in [6.45, 7) is 1.16. The molecule has 4 aliphatic carbocycles. The molecule has 6 atom stereocenters. The van der Waals surface area contributed by atoms with E-state index in [4.69, 9.17) is 4.74 Å². The maximum Gasteiger partial charge on any atom is 0.410 e. The molecule has 1 saturated heterocycles. The molecular formula is C22H31N5O4. The molecule has 9 nitrogen and oxygen atoms in total. The van der Waals surface area contributed by atoms with E-state index in [0.717, 1.165) is 38.5 Å². The van der Waals surface area contributed by atoms with Crippen molar-refractivity contribution in [2.45, 2.75) is 56.3 Å². The molecule has 1 aromatic heterocycles. The molecule has 168 valence electrons. The molecule has 2 amide bonds. The number of carbonyl (C=O) groups is 2. The van der Waals surface area contributed by atoms with Crippen molar-refractivity contribution in [1.29, 1.82) is 0 Å². The van der Waals surface area contributed by atoms with Gasteiger partial charge >= 0.3 is 6.09 Å². The molecule has 0 aromatic carbocycles. The van der Waals surface area contributed by atoms with Crippen molar-refractivity contribution in [2.24, 2.45) is 17.8 Å². The zero-order valence-electron chi connectivity index (χ0n) is 18.2. The number of nitrogens with one attached hydrogen (secondary N) is 1. The van der Waals surface area contributed by atoms with Crippen LogP contribution >= 0.6 is 0 Å². The van der Waals surface area contributed by atoms with E-state index in [9.17, 15) is 14.7 Å². The van der Waals surface area contributed by atoms with E-state index in [2.05, 4.69) is 15.3 Å². The molecular weight excluding hydrogens is 398 g/mol. The first-order valence-electron chi connectivity index (χ1n) is 11.3. The molecule has 5 aliphatic rings. The summed E-state index contributed by atoms with van der Waals surface area (Å²) in [5.74, 6) is 1.50. The summed E-state index contributed by atoms with van der Waals surface area (Å²) in [4.78, 5) is 36.5.